The minimum atomic E-state index is -0.106. The van der Waals surface area contributed by atoms with E-state index in [1.54, 1.807) is 45.7 Å². The van der Waals surface area contributed by atoms with Crippen molar-refractivity contribution in [1.29, 1.82) is 0 Å². The van der Waals surface area contributed by atoms with E-state index in [4.69, 9.17) is 18.9 Å². The third-order valence-corrected chi connectivity index (χ3v) is 4.39. The Labute approximate surface area is 175 Å². The minimum absolute atomic E-state index is 0.106. The summed E-state index contributed by atoms with van der Waals surface area (Å²) in [6, 6.07) is 16.4. The van der Waals surface area contributed by atoms with Crippen LogP contribution in [0, 0.1) is 0 Å². The molecule has 156 valence electrons. The number of methoxy groups -OCH3 is 3. The van der Waals surface area contributed by atoms with Crippen LogP contribution in [0.25, 0.3) is 0 Å². The predicted molar refractivity (Wildman–Crippen MR) is 114 cm³/mol. The van der Waals surface area contributed by atoms with Gasteiger partial charge in [0, 0.05) is 12.5 Å². The molecule has 0 spiro atoms. The number of benzene rings is 2. The third-order valence-electron chi connectivity index (χ3n) is 4.39. The smallest absolute Gasteiger partial charge is 0.224 e. The van der Waals surface area contributed by atoms with Crippen LogP contribution in [-0.4, -0.2) is 32.2 Å². The highest BCUT2D eigenvalue weighted by Gasteiger charge is 2.09. The van der Waals surface area contributed by atoms with Gasteiger partial charge in [-0.2, -0.15) is 0 Å². The van der Waals surface area contributed by atoms with Gasteiger partial charge in [-0.05, 0) is 42.3 Å². The first-order chi connectivity index (χ1) is 14.6. The van der Waals surface area contributed by atoms with Crippen LogP contribution in [0.4, 0.5) is 5.69 Å². The summed E-state index contributed by atoms with van der Waals surface area (Å²) in [5.74, 6) is 2.79. The molecule has 1 aromatic heterocycles. The molecule has 0 fully saturated rings. The first kappa shape index (κ1) is 21.0. The highest BCUT2D eigenvalue weighted by atomic mass is 16.5. The molecule has 1 N–H and O–H groups in total. The summed E-state index contributed by atoms with van der Waals surface area (Å²) in [5, 5.41) is 2.84. The van der Waals surface area contributed by atoms with Crippen molar-refractivity contribution in [2.45, 2.75) is 12.8 Å². The van der Waals surface area contributed by atoms with Gasteiger partial charge in [0.15, 0.2) is 23.0 Å². The summed E-state index contributed by atoms with van der Waals surface area (Å²) in [6.45, 7) is 0. The van der Waals surface area contributed by atoms with Gasteiger partial charge < -0.3 is 24.3 Å². The second-order valence-electron chi connectivity index (χ2n) is 6.38. The van der Waals surface area contributed by atoms with Crippen molar-refractivity contribution < 1.29 is 23.7 Å². The van der Waals surface area contributed by atoms with Gasteiger partial charge in [-0.25, -0.2) is 4.98 Å². The maximum atomic E-state index is 12.3. The number of aryl methyl sites for hydroxylation is 1. The monoisotopic (exact) mass is 408 g/mol. The SMILES string of the molecule is COc1ccc(CCC(=O)Nc2ccc(Oc3ccccc3OC)nc2)cc1OC. The lowest BCUT2D eigenvalue weighted by Crippen LogP contribution is -2.12. The molecular formula is C23H24N2O5. The average Bonchev–Trinajstić information content (AvgIpc) is 2.79. The van der Waals surface area contributed by atoms with Crippen molar-refractivity contribution in [3.63, 3.8) is 0 Å². The number of amides is 1. The van der Waals surface area contributed by atoms with Gasteiger partial charge in [-0.1, -0.05) is 18.2 Å². The lowest BCUT2D eigenvalue weighted by Gasteiger charge is -2.10. The highest BCUT2D eigenvalue weighted by molar-refractivity contribution is 5.90. The third kappa shape index (κ3) is 5.41. The number of anilines is 1. The fraction of sp³-hybridized carbons (Fsp3) is 0.217. The number of nitrogens with one attached hydrogen (secondary N) is 1. The van der Waals surface area contributed by atoms with E-state index in [9.17, 15) is 4.79 Å². The summed E-state index contributed by atoms with van der Waals surface area (Å²) in [6.07, 6.45) is 2.46. The fourth-order valence-electron chi connectivity index (χ4n) is 2.85. The van der Waals surface area contributed by atoms with E-state index in [-0.39, 0.29) is 5.91 Å². The van der Waals surface area contributed by atoms with E-state index in [0.717, 1.165) is 5.56 Å². The molecule has 0 aliphatic carbocycles. The van der Waals surface area contributed by atoms with E-state index in [1.165, 1.54) is 0 Å². The number of ether oxygens (including phenoxy) is 4. The molecular weight excluding hydrogens is 384 g/mol. The Morgan fingerprint density at radius 1 is 0.867 bits per heavy atom. The summed E-state index contributed by atoms with van der Waals surface area (Å²) >= 11 is 0. The van der Waals surface area contributed by atoms with E-state index in [2.05, 4.69) is 10.3 Å². The summed E-state index contributed by atoms with van der Waals surface area (Å²) < 4.78 is 21.5. The van der Waals surface area contributed by atoms with Crippen LogP contribution in [0.1, 0.15) is 12.0 Å². The molecule has 0 aliphatic rings. The van der Waals surface area contributed by atoms with Gasteiger partial charge in [-0.3, -0.25) is 4.79 Å². The molecule has 0 atom stereocenters. The minimum Gasteiger partial charge on any atom is -0.493 e. The van der Waals surface area contributed by atoms with E-state index < -0.39 is 0 Å². The van der Waals surface area contributed by atoms with Gasteiger partial charge in [0.2, 0.25) is 11.8 Å². The number of para-hydroxylation sites is 2. The number of carbonyl (C=O) groups excluding carboxylic acids is 1. The quantitative estimate of drug-likeness (QED) is 0.563. The van der Waals surface area contributed by atoms with Crippen LogP contribution in [0.2, 0.25) is 0 Å². The molecule has 0 saturated heterocycles. The Balaban J connectivity index is 1.54. The van der Waals surface area contributed by atoms with Crippen molar-refractivity contribution in [3.05, 3.63) is 66.4 Å². The van der Waals surface area contributed by atoms with Crippen LogP contribution in [-0.2, 0) is 11.2 Å². The fourth-order valence-corrected chi connectivity index (χ4v) is 2.85. The summed E-state index contributed by atoms with van der Waals surface area (Å²) in [4.78, 5) is 16.5. The van der Waals surface area contributed by atoms with Crippen molar-refractivity contribution in [3.8, 4) is 28.9 Å². The highest BCUT2D eigenvalue weighted by Crippen LogP contribution is 2.30. The molecule has 1 amide bonds. The van der Waals surface area contributed by atoms with Crippen LogP contribution < -0.4 is 24.3 Å². The van der Waals surface area contributed by atoms with Gasteiger partial charge in [-0.15, -0.1) is 0 Å². The molecule has 0 saturated carbocycles. The molecule has 0 bridgehead atoms. The average molecular weight is 408 g/mol. The van der Waals surface area contributed by atoms with E-state index in [1.807, 2.05) is 36.4 Å². The number of carbonyl (C=O) groups is 1. The molecule has 7 heteroatoms. The molecule has 7 nitrogen and oxygen atoms in total. The first-order valence-corrected chi connectivity index (χ1v) is 9.40. The van der Waals surface area contributed by atoms with Crippen LogP contribution >= 0.6 is 0 Å². The molecule has 0 unspecified atom stereocenters. The molecule has 0 aliphatic heterocycles. The molecule has 30 heavy (non-hydrogen) atoms. The second-order valence-corrected chi connectivity index (χ2v) is 6.38. The predicted octanol–water partition coefficient (Wildman–Crippen LogP) is 4.47. The van der Waals surface area contributed by atoms with E-state index in [0.29, 0.717) is 47.4 Å². The maximum Gasteiger partial charge on any atom is 0.224 e. The van der Waals surface area contributed by atoms with Gasteiger partial charge in [0.05, 0.1) is 33.2 Å². The Hall–Kier alpha value is -3.74. The Kier molecular flexibility index (Phi) is 7.10. The Morgan fingerprint density at radius 3 is 2.23 bits per heavy atom. The number of aromatic nitrogens is 1. The number of pyridine rings is 1. The lowest BCUT2D eigenvalue weighted by atomic mass is 10.1. The van der Waals surface area contributed by atoms with Crippen molar-refractivity contribution in [2.75, 3.05) is 26.6 Å². The topological polar surface area (TPSA) is 78.9 Å². The summed E-state index contributed by atoms with van der Waals surface area (Å²) in [7, 11) is 4.75. The standard InChI is InChI=1S/C23H24N2O5/c1-27-18-6-4-5-7-20(18)30-23-13-10-17(15-24-23)25-22(26)12-9-16-8-11-19(28-2)21(14-16)29-3/h4-8,10-11,13-15H,9,12H2,1-3H3,(H,25,26). The van der Waals surface area contributed by atoms with Crippen molar-refractivity contribution in [1.82, 2.24) is 4.98 Å². The number of hydrogen-bond acceptors (Lipinski definition) is 6. The summed E-state index contributed by atoms with van der Waals surface area (Å²) in [5.41, 5.74) is 1.58. The van der Waals surface area contributed by atoms with Crippen LogP contribution in [0.3, 0.4) is 0 Å². The molecule has 2 aromatic carbocycles. The Bertz CT molecular complexity index is 989. The Morgan fingerprint density at radius 2 is 1.57 bits per heavy atom. The largest absolute Gasteiger partial charge is 0.493 e. The van der Waals surface area contributed by atoms with Crippen molar-refractivity contribution >= 4 is 11.6 Å². The zero-order valence-electron chi connectivity index (χ0n) is 17.2. The maximum absolute atomic E-state index is 12.3. The van der Waals surface area contributed by atoms with Crippen LogP contribution in [0.15, 0.2) is 60.8 Å². The normalized spacial score (nSPS) is 10.2. The number of nitrogens with zero attached hydrogens (tertiary/aromatic N) is 1. The zero-order valence-corrected chi connectivity index (χ0v) is 17.2. The number of hydrogen-bond donors (Lipinski definition) is 1. The van der Waals surface area contributed by atoms with Gasteiger partial charge >= 0.3 is 0 Å². The van der Waals surface area contributed by atoms with Gasteiger partial charge in [0.25, 0.3) is 0 Å². The molecule has 3 aromatic rings. The second kappa shape index (κ2) is 10.2. The first-order valence-electron chi connectivity index (χ1n) is 9.40. The van der Waals surface area contributed by atoms with Gasteiger partial charge in [0.1, 0.15) is 0 Å². The molecule has 0 radical (unpaired) electrons. The van der Waals surface area contributed by atoms with E-state index >= 15 is 0 Å². The zero-order chi connectivity index (χ0) is 21.3. The van der Waals surface area contributed by atoms with Crippen LogP contribution in [0.5, 0.6) is 28.9 Å². The van der Waals surface area contributed by atoms with Crippen molar-refractivity contribution in [2.24, 2.45) is 0 Å². The molecule has 3 rings (SSSR count). The molecule has 1 heterocycles. The lowest BCUT2D eigenvalue weighted by molar-refractivity contribution is -0.116. The number of rotatable bonds is 9.